The van der Waals surface area contributed by atoms with E-state index in [0.717, 1.165) is 5.06 Å². The molecule has 1 N–H and O–H groups in total. The molecule has 0 radical (unpaired) electrons. The van der Waals surface area contributed by atoms with E-state index in [-0.39, 0.29) is 24.6 Å². The molecule has 8 nitrogen and oxygen atoms in total. The van der Waals surface area contributed by atoms with E-state index in [1.807, 2.05) is 0 Å². The van der Waals surface area contributed by atoms with Crippen LogP contribution in [-0.4, -0.2) is 86.5 Å². The first-order valence-electron chi connectivity index (χ1n) is 7.53. The highest BCUT2D eigenvalue weighted by Gasteiger charge is 2.22. The second-order valence-corrected chi connectivity index (χ2v) is 8.93. The van der Waals surface area contributed by atoms with Crippen LogP contribution in [-0.2, 0) is 20.0 Å². The van der Waals surface area contributed by atoms with Crippen LogP contribution < -0.4 is 0 Å². The van der Waals surface area contributed by atoms with E-state index < -0.39 is 20.0 Å². The number of hydrogen-bond acceptors (Lipinski definition) is 6. The highest BCUT2D eigenvalue weighted by molar-refractivity contribution is 7.89. The number of sulfonamides is 2. The molecule has 0 rings (SSSR count). The van der Waals surface area contributed by atoms with Crippen LogP contribution in [0.1, 0.15) is 27.7 Å². The van der Waals surface area contributed by atoms with E-state index in [0.29, 0.717) is 26.2 Å². The Morgan fingerprint density at radius 3 is 1.18 bits per heavy atom. The third kappa shape index (κ3) is 6.88. The van der Waals surface area contributed by atoms with E-state index in [9.17, 15) is 22.0 Å². The average Bonchev–Trinajstić information content (AvgIpc) is 2.45. The van der Waals surface area contributed by atoms with Crippen LogP contribution in [0.2, 0.25) is 0 Å². The van der Waals surface area contributed by atoms with Gasteiger partial charge in [0.05, 0.1) is 11.5 Å². The van der Waals surface area contributed by atoms with E-state index in [1.54, 1.807) is 27.7 Å². The van der Waals surface area contributed by atoms with E-state index >= 15 is 0 Å². The lowest BCUT2D eigenvalue weighted by molar-refractivity contribution is -0.0801. The Hall–Kier alpha value is -0.260. The van der Waals surface area contributed by atoms with Crippen molar-refractivity contribution in [2.24, 2.45) is 0 Å². The topological polar surface area (TPSA) is 98.2 Å². The van der Waals surface area contributed by atoms with Crippen molar-refractivity contribution in [1.29, 1.82) is 0 Å². The Kier molecular flexibility index (Phi) is 9.67. The van der Waals surface area contributed by atoms with Crippen molar-refractivity contribution in [3.8, 4) is 0 Å². The Labute approximate surface area is 134 Å². The fourth-order valence-electron chi connectivity index (χ4n) is 2.05. The number of rotatable bonds is 12. The molecule has 0 bridgehead atoms. The summed E-state index contributed by atoms with van der Waals surface area (Å²) in [5.74, 6) is -0.479. The number of hydroxylamine groups is 2. The molecule has 0 amide bonds. The SMILES string of the molecule is CCN(CC)S(=O)(=O)CCN(O)CCS(=O)(=O)N(CC)CC. The predicted octanol–water partition coefficient (Wildman–Crippen LogP) is 0.0208. The Balaban J connectivity index is 4.45. The summed E-state index contributed by atoms with van der Waals surface area (Å²) in [5, 5.41) is 10.4. The average molecular weight is 360 g/mol. The van der Waals surface area contributed by atoms with E-state index in [1.165, 1.54) is 8.61 Å². The summed E-state index contributed by atoms with van der Waals surface area (Å²) in [4.78, 5) is 0. The molecular formula is C12H29N3O5S2. The third-order valence-corrected chi connectivity index (χ3v) is 7.42. The number of nitrogens with zero attached hydrogens (tertiary/aromatic N) is 3. The van der Waals surface area contributed by atoms with Crippen molar-refractivity contribution in [3.05, 3.63) is 0 Å². The van der Waals surface area contributed by atoms with Crippen LogP contribution in [0.15, 0.2) is 0 Å². The molecule has 0 saturated heterocycles. The fourth-order valence-corrected chi connectivity index (χ4v) is 5.02. The first kappa shape index (κ1) is 21.7. The lowest BCUT2D eigenvalue weighted by atomic mass is 10.6. The maximum atomic E-state index is 12.0. The largest absolute Gasteiger partial charge is 0.314 e. The molecule has 0 aliphatic carbocycles. The molecule has 0 fully saturated rings. The van der Waals surface area contributed by atoms with Gasteiger partial charge in [0.25, 0.3) is 0 Å². The molecule has 0 atom stereocenters. The Morgan fingerprint density at radius 2 is 0.955 bits per heavy atom. The summed E-state index contributed by atoms with van der Waals surface area (Å²) >= 11 is 0. The molecule has 0 heterocycles. The smallest absolute Gasteiger partial charge is 0.215 e. The van der Waals surface area contributed by atoms with Crippen LogP contribution in [0.5, 0.6) is 0 Å². The monoisotopic (exact) mass is 359 g/mol. The van der Waals surface area contributed by atoms with Crippen molar-refractivity contribution < 1.29 is 22.0 Å². The minimum Gasteiger partial charge on any atom is -0.314 e. The van der Waals surface area contributed by atoms with Crippen molar-refractivity contribution in [1.82, 2.24) is 13.7 Å². The van der Waals surface area contributed by atoms with E-state index in [4.69, 9.17) is 0 Å². The zero-order chi connectivity index (χ0) is 17.4. The standard InChI is InChI=1S/C12H29N3O5S2/c1-5-14(6-2)21(17,18)11-9-13(16)10-12-22(19,20)15(7-3)8-4/h16H,5-12H2,1-4H3. The summed E-state index contributed by atoms with van der Waals surface area (Å²) < 4.78 is 50.5. The van der Waals surface area contributed by atoms with Crippen molar-refractivity contribution >= 4 is 20.0 Å². The highest BCUT2D eigenvalue weighted by atomic mass is 32.2. The van der Waals surface area contributed by atoms with Gasteiger partial charge in [0.15, 0.2) is 0 Å². The second-order valence-electron chi connectivity index (χ2n) is 4.75. The van der Waals surface area contributed by atoms with Gasteiger partial charge in [-0.3, -0.25) is 0 Å². The minimum atomic E-state index is -3.43. The summed E-state index contributed by atoms with van der Waals surface area (Å²) in [6, 6.07) is 0. The zero-order valence-corrected chi connectivity index (χ0v) is 15.5. The highest BCUT2D eigenvalue weighted by Crippen LogP contribution is 2.03. The van der Waals surface area contributed by atoms with Crippen LogP contribution in [0.3, 0.4) is 0 Å². The Bertz CT molecular complexity index is 453. The maximum absolute atomic E-state index is 12.0. The van der Waals surface area contributed by atoms with Gasteiger partial charge in [-0.05, 0) is 0 Å². The molecule has 0 aromatic carbocycles. The van der Waals surface area contributed by atoms with Gasteiger partial charge >= 0.3 is 0 Å². The summed E-state index contributed by atoms with van der Waals surface area (Å²) in [6.07, 6.45) is 0. The molecule has 0 aliphatic rings. The molecule has 0 aromatic heterocycles. The first-order valence-corrected chi connectivity index (χ1v) is 10.8. The maximum Gasteiger partial charge on any atom is 0.215 e. The molecule has 0 saturated carbocycles. The van der Waals surface area contributed by atoms with Crippen molar-refractivity contribution in [3.63, 3.8) is 0 Å². The third-order valence-electron chi connectivity index (χ3n) is 3.41. The zero-order valence-electron chi connectivity index (χ0n) is 13.9. The van der Waals surface area contributed by atoms with Gasteiger partial charge < -0.3 is 5.21 Å². The molecule has 134 valence electrons. The normalized spacial score (nSPS) is 13.5. The lowest BCUT2D eigenvalue weighted by Gasteiger charge is -2.22. The predicted molar refractivity (Wildman–Crippen MR) is 86.8 cm³/mol. The molecule has 0 aliphatic heterocycles. The van der Waals surface area contributed by atoms with Gasteiger partial charge in [-0.25, -0.2) is 25.4 Å². The van der Waals surface area contributed by atoms with Crippen LogP contribution >= 0.6 is 0 Å². The molecular weight excluding hydrogens is 330 g/mol. The van der Waals surface area contributed by atoms with Gasteiger partial charge in [0.1, 0.15) is 0 Å². The summed E-state index contributed by atoms with van der Waals surface area (Å²) in [5.41, 5.74) is 0. The van der Waals surface area contributed by atoms with Gasteiger partial charge in [-0.15, -0.1) is 0 Å². The van der Waals surface area contributed by atoms with Crippen LogP contribution in [0, 0.1) is 0 Å². The second kappa shape index (κ2) is 9.78. The van der Waals surface area contributed by atoms with Gasteiger partial charge in [-0.2, -0.15) is 5.06 Å². The summed E-state index contributed by atoms with van der Waals surface area (Å²) in [7, 11) is -6.85. The first-order chi connectivity index (χ1) is 10.1. The summed E-state index contributed by atoms with van der Waals surface area (Å²) in [6.45, 7) is 8.24. The van der Waals surface area contributed by atoms with Crippen LogP contribution in [0.25, 0.3) is 0 Å². The van der Waals surface area contributed by atoms with Crippen molar-refractivity contribution in [2.45, 2.75) is 27.7 Å². The van der Waals surface area contributed by atoms with Gasteiger partial charge in [0.2, 0.25) is 20.0 Å². The van der Waals surface area contributed by atoms with Gasteiger partial charge in [-0.1, -0.05) is 27.7 Å². The Morgan fingerprint density at radius 1 is 0.682 bits per heavy atom. The van der Waals surface area contributed by atoms with E-state index in [2.05, 4.69) is 0 Å². The van der Waals surface area contributed by atoms with Crippen molar-refractivity contribution in [2.75, 3.05) is 50.8 Å². The fraction of sp³-hybridized carbons (Fsp3) is 1.00. The molecule has 0 aromatic rings. The number of hydrogen-bond donors (Lipinski definition) is 1. The van der Waals surface area contributed by atoms with Crippen LogP contribution in [0.4, 0.5) is 0 Å². The molecule has 10 heteroatoms. The quantitative estimate of drug-likeness (QED) is 0.493. The molecule has 0 unspecified atom stereocenters. The molecule has 0 spiro atoms. The van der Waals surface area contributed by atoms with Gasteiger partial charge in [0, 0.05) is 39.3 Å². The lowest BCUT2D eigenvalue weighted by Crippen LogP contribution is -2.40. The molecule has 22 heavy (non-hydrogen) atoms. The minimum absolute atomic E-state index is 0.118.